The Morgan fingerprint density at radius 3 is 2.50 bits per heavy atom. The molecule has 1 aliphatic rings. The van der Waals surface area contributed by atoms with Crippen LogP contribution in [0.1, 0.15) is 37.9 Å². The van der Waals surface area contributed by atoms with E-state index in [0.717, 1.165) is 14.5 Å². The molecule has 0 bridgehead atoms. The number of hydrogen-bond donors (Lipinski definition) is 0. The Morgan fingerprint density at radius 1 is 1.11 bits per heavy atom. The van der Waals surface area contributed by atoms with Crippen molar-refractivity contribution in [3.63, 3.8) is 0 Å². The van der Waals surface area contributed by atoms with Crippen molar-refractivity contribution < 1.29 is 23.7 Å². The first kappa shape index (κ1) is 28.1. The average molecular weight is 666 g/mol. The first-order valence-electron chi connectivity index (χ1n) is 11.8. The highest BCUT2D eigenvalue weighted by molar-refractivity contribution is 9.11. The second kappa shape index (κ2) is 11.9. The van der Waals surface area contributed by atoms with Gasteiger partial charge in [-0.1, -0.05) is 33.3 Å². The number of thiazole rings is 1. The zero-order valence-corrected chi connectivity index (χ0v) is 25.5. The number of carbonyl (C=O) groups is 1. The molecule has 2 heterocycles. The van der Waals surface area contributed by atoms with E-state index < -0.39 is 12.0 Å². The van der Waals surface area contributed by atoms with Gasteiger partial charge in [0.1, 0.15) is 5.75 Å². The monoisotopic (exact) mass is 664 g/mol. The predicted octanol–water partition coefficient (Wildman–Crippen LogP) is 4.74. The van der Waals surface area contributed by atoms with Crippen molar-refractivity contribution in [1.82, 2.24) is 4.57 Å². The summed E-state index contributed by atoms with van der Waals surface area (Å²) in [5.41, 5.74) is 1.87. The summed E-state index contributed by atoms with van der Waals surface area (Å²) < 4.78 is 25.7. The van der Waals surface area contributed by atoms with Crippen LogP contribution in [0.25, 0.3) is 6.08 Å². The summed E-state index contributed by atoms with van der Waals surface area (Å²) in [6.45, 7) is 6.03. The summed E-state index contributed by atoms with van der Waals surface area (Å²) in [5, 5.41) is 0. The van der Waals surface area contributed by atoms with Crippen molar-refractivity contribution in [3.05, 3.63) is 81.4 Å². The quantitative estimate of drug-likeness (QED) is 0.323. The molecule has 0 N–H and O–H groups in total. The molecular formula is C27H26Br2N2O6S. The van der Waals surface area contributed by atoms with Crippen LogP contribution in [0.15, 0.2) is 60.3 Å². The van der Waals surface area contributed by atoms with E-state index in [9.17, 15) is 9.59 Å². The number of carbonyl (C=O) groups excluding carboxylic acids is 1. The lowest BCUT2D eigenvalue weighted by Crippen LogP contribution is -2.40. The Balaban J connectivity index is 2.00. The molecule has 8 nitrogen and oxygen atoms in total. The molecule has 0 aliphatic carbocycles. The fraction of sp³-hybridized carbons (Fsp3) is 0.296. The lowest BCUT2D eigenvalue weighted by Gasteiger charge is -2.25. The molecule has 0 unspecified atom stereocenters. The van der Waals surface area contributed by atoms with E-state index in [1.165, 1.54) is 23.0 Å². The highest BCUT2D eigenvalue weighted by Gasteiger charge is 2.34. The summed E-state index contributed by atoms with van der Waals surface area (Å²) >= 11 is 8.30. The minimum atomic E-state index is -0.770. The molecule has 38 heavy (non-hydrogen) atoms. The van der Waals surface area contributed by atoms with Crippen molar-refractivity contribution in [2.45, 2.75) is 26.8 Å². The Bertz CT molecular complexity index is 1610. The van der Waals surface area contributed by atoms with Crippen LogP contribution in [0.4, 0.5) is 0 Å². The second-order valence-electron chi connectivity index (χ2n) is 8.16. The maximum atomic E-state index is 13.9. The molecule has 0 saturated carbocycles. The summed E-state index contributed by atoms with van der Waals surface area (Å²) in [6.07, 6.45) is 1.78. The van der Waals surface area contributed by atoms with Crippen molar-refractivity contribution >= 4 is 55.2 Å². The molecule has 1 atom stereocenters. The van der Waals surface area contributed by atoms with Gasteiger partial charge in [0, 0.05) is 10.0 Å². The number of ether oxygens (including phenoxy) is 4. The van der Waals surface area contributed by atoms with Crippen LogP contribution < -0.4 is 29.1 Å². The molecule has 0 radical (unpaired) electrons. The lowest BCUT2D eigenvalue weighted by molar-refractivity contribution is -0.139. The van der Waals surface area contributed by atoms with Gasteiger partial charge in [0.25, 0.3) is 5.56 Å². The Kier molecular flexibility index (Phi) is 8.79. The van der Waals surface area contributed by atoms with Gasteiger partial charge in [-0.25, -0.2) is 9.79 Å². The Morgan fingerprint density at radius 2 is 1.84 bits per heavy atom. The Hall–Kier alpha value is -2.89. The number of rotatable bonds is 8. The zero-order chi connectivity index (χ0) is 27.6. The van der Waals surface area contributed by atoms with Crippen LogP contribution in [-0.2, 0) is 9.53 Å². The molecule has 1 aromatic heterocycles. The van der Waals surface area contributed by atoms with Crippen LogP contribution in [0.5, 0.6) is 17.2 Å². The SMILES string of the molecule is CCOC(=O)C1=C(C)N=c2s/c(=C\c3cc(Br)cc(Br)c3OCC)c(=O)n2[C@@H]1c1ccc(OC)c(OC)c1. The molecule has 0 spiro atoms. The maximum absolute atomic E-state index is 13.9. The third-order valence-corrected chi connectivity index (χ3v) is 7.88. The maximum Gasteiger partial charge on any atom is 0.338 e. The lowest BCUT2D eigenvalue weighted by atomic mass is 9.95. The fourth-order valence-corrected chi connectivity index (χ4v) is 6.67. The molecule has 0 amide bonds. The van der Waals surface area contributed by atoms with E-state index in [1.807, 2.05) is 19.1 Å². The van der Waals surface area contributed by atoms with Crippen molar-refractivity contribution in [2.75, 3.05) is 27.4 Å². The number of hydrogen-bond acceptors (Lipinski definition) is 8. The minimum absolute atomic E-state index is 0.191. The molecule has 2 aromatic carbocycles. The van der Waals surface area contributed by atoms with E-state index in [0.29, 0.717) is 50.0 Å². The van der Waals surface area contributed by atoms with Crippen LogP contribution in [0.3, 0.4) is 0 Å². The predicted molar refractivity (Wildman–Crippen MR) is 153 cm³/mol. The van der Waals surface area contributed by atoms with Crippen molar-refractivity contribution in [1.29, 1.82) is 0 Å². The van der Waals surface area contributed by atoms with Crippen molar-refractivity contribution in [2.24, 2.45) is 4.99 Å². The van der Waals surface area contributed by atoms with Gasteiger partial charge in [-0.3, -0.25) is 9.36 Å². The molecule has 200 valence electrons. The molecule has 4 rings (SSSR count). The summed E-state index contributed by atoms with van der Waals surface area (Å²) in [4.78, 5) is 32.2. The van der Waals surface area contributed by atoms with E-state index in [4.69, 9.17) is 18.9 Å². The number of esters is 1. The number of aromatic nitrogens is 1. The van der Waals surface area contributed by atoms with Gasteiger partial charge in [0.15, 0.2) is 16.3 Å². The number of fused-ring (bicyclic) bond motifs is 1. The molecule has 3 aromatic rings. The van der Waals surface area contributed by atoms with Gasteiger partial charge in [0.05, 0.1) is 53.8 Å². The molecule has 0 saturated heterocycles. The van der Waals surface area contributed by atoms with Gasteiger partial charge in [0.2, 0.25) is 0 Å². The van der Waals surface area contributed by atoms with Gasteiger partial charge in [-0.15, -0.1) is 0 Å². The molecule has 1 aliphatic heterocycles. The highest BCUT2D eigenvalue weighted by atomic mass is 79.9. The van der Waals surface area contributed by atoms with Crippen molar-refractivity contribution in [3.8, 4) is 17.2 Å². The smallest absolute Gasteiger partial charge is 0.338 e. The van der Waals surface area contributed by atoms with E-state index in [1.54, 1.807) is 45.2 Å². The Labute approximate surface area is 240 Å². The third kappa shape index (κ3) is 5.32. The standard InChI is InChI=1S/C27H26Br2N2O6S/c1-6-36-24-16(10-17(28)13-18(24)29)12-21-25(32)31-23(15-8-9-19(34-4)20(11-15)35-5)22(26(33)37-7-2)14(3)30-27(31)38-21/h8-13,23H,6-7H2,1-5H3/b21-12-/t23-/m1/s1. The first-order chi connectivity index (χ1) is 18.2. The third-order valence-electron chi connectivity index (χ3n) is 5.85. The van der Waals surface area contributed by atoms with Crippen LogP contribution in [0.2, 0.25) is 0 Å². The normalized spacial score (nSPS) is 15.1. The largest absolute Gasteiger partial charge is 0.493 e. The van der Waals surface area contributed by atoms with Gasteiger partial charge < -0.3 is 18.9 Å². The number of nitrogens with zero attached hydrogens (tertiary/aromatic N) is 2. The minimum Gasteiger partial charge on any atom is -0.493 e. The van der Waals surface area contributed by atoms with Gasteiger partial charge >= 0.3 is 5.97 Å². The molecule has 0 fully saturated rings. The zero-order valence-electron chi connectivity index (χ0n) is 21.5. The fourth-order valence-electron chi connectivity index (χ4n) is 4.26. The van der Waals surface area contributed by atoms with E-state index >= 15 is 0 Å². The number of methoxy groups -OCH3 is 2. The summed E-state index contributed by atoms with van der Waals surface area (Å²) in [6, 6.07) is 8.31. The summed E-state index contributed by atoms with van der Waals surface area (Å²) in [7, 11) is 3.08. The summed E-state index contributed by atoms with van der Waals surface area (Å²) in [5.74, 6) is 1.11. The second-order valence-corrected chi connectivity index (χ2v) is 10.9. The van der Waals surface area contributed by atoms with E-state index in [-0.39, 0.29) is 12.2 Å². The highest BCUT2D eigenvalue weighted by Crippen LogP contribution is 2.36. The number of halogens is 2. The van der Waals surface area contributed by atoms with Gasteiger partial charge in [-0.2, -0.15) is 0 Å². The van der Waals surface area contributed by atoms with Crippen LogP contribution >= 0.6 is 43.2 Å². The van der Waals surface area contributed by atoms with Crippen LogP contribution in [-0.4, -0.2) is 38.0 Å². The first-order valence-corrected chi connectivity index (χ1v) is 14.2. The van der Waals surface area contributed by atoms with Gasteiger partial charge in [-0.05, 0) is 72.6 Å². The number of allylic oxidation sites excluding steroid dienone is 1. The average Bonchev–Trinajstić information content (AvgIpc) is 3.19. The molecule has 11 heteroatoms. The number of benzene rings is 2. The van der Waals surface area contributed by atoms with Crippen LogP contribution in [0, 0.1) is 0 Å². The topological polar surface area (TPSA) is 88.4 Å². The molecular weight excluding hydrogens is 640 g/mol. The van der Waals surface area contributed by atoms with E-state index in [2.05, 4.69) is 36.9 Å².